The molecule has 4 nitrogen and oxygen atoms in total. The molecule has 1 aliphatic rings. The predicted octanol–water partition coefficient (Wildman–Crippen LogP) is 2.60. The third-order valence-electron chi connectivity index (χ3n) is 4.10. The number of benzene rings is 1. The van der Waals surface area contributed by atoms with E-state index in [0.29, 0.717) is 6.61 Å². The molecule has 0 saturated heterocycles. The van der Waals surface area contributed by atoms with Crippen LogP contribution in [0.4, 0.5) is 0 Å². The molecule has 0 saturated carbocycles. The van der Waals surface area contributed by atoms with Gasteiger partial charge in [0.1, 0.15) is 11.6 Å². The number of aromatic nitrogens is 2. The number of fused-ring (bicyclic) bond motifs is 1. The van der Waals surface area contributed by atoms with Gasteiger partial charge in [-0.3, -0.25) is 0 Å². The molecule has 4 heteroatoms. The van der Waals surface area contributed by atoms with E-state index in [1.807, 2.05) is 42.1 Å². The van der Waals surface area contributed by atoms with Crippen molar-refractivity contribution in [1.29, 1.82) is 5.26 Å². The maximum absolute atomic E-state index is 9.75. The largest absolute Gasteiger partial charge is 0.493 e. The van der Waals surface area contributed by atoms with Crippen molar-refractivity contribution in [2.45, 2.75) is 24.7 Å². The zero-order valence-electron chi connectivity index (χ0n) is 11.5. The Labute approximate surface area is 118 Å². The average Bonchev–Trinajstić information content (AvgIpc) is 2.90. The van der Waals surface area contributed by atoms with E-state index < -0.39 is 5.41 Å². The molecule has 20 heavy (non-hydrogen) atoms. The van der Waals surface area contributed by atoms with E-state index in [1.54, 1.807) is 6.20 Å². The summed E-state index contributed by atoms with van der Waals surface area (Å²) in [7, 11) is 1.99. The lowest BCUT2D eigenvalue weighted by atomic mass is 9.74. The van der Waals surface area contributed by atoms with Crippen LogP contribution in [0.2, 0.25) is 0 Å². The molecule has 0 bridgehead atoms. The second-order valence-electron chi connectivity index (χ2n) is 5.24. The van der Waals surface area contributed by atoms with Crippen LogP contribution in [-0.2, 0) is 18.9 Å². The molecular weight excluding hydrogens is 250 g/mol. The Morgan fingerprint density at radius 3 is 3.05 bits per heavy atom. The summed E-state index contributed by atoms with van der Waals surface area (Å²) in [6.07, 6.45) is 6.05. The number of hydrogen-bond acceptors (Lipinski definition) is 3. The van der Waals surface area contributed by atoms with Crippen molar-refractivity contribution in [3.63, 3.8) is 0 Å². The van der Waals surface area contributed by atoms with Gasteiger partial charge in [0.05, 0.1) is 18.1 Å². The number of ether oxygens (including phenoxy) is 1. The molecule has 3 rings (SSSR count). The Morgan fingerprint density at radius 2 is 2.30 bits per heavy atom. The summed E-state index contributed by atoms with van der Waals surface area (Å²) in [6.45, 7) is 0.602. The number of aryl methyl sites for hydroxylation is 2. The number of nitriles is 1. The molecule has 0 amide bonds. The number of imidazole rings is 1. The van der Waals surface area contributed by atoms with Crippen molar-refractivity contribution in [2.75, 3.05) is 6.61 Å². The lowest BCUT2D eigenvalue weighted by Crippen LogP contribution is -2.32. The molecule has 1 aromatic heterocycles. The van der Waals surface area contributed by atoms with Crippen LogP contribution in [0.25, 0.3) is 0 Å². The fourth-order valence-corrected chi connectivity index (χ4v) is 2.85. The lowest BCUT2D eigenvalue weighted by molar-refractivity contribution is 0.235. The van der Waals surface area contributed by atoms with Gasteiger partial charge >= 0.3 is 0 Å². The van der Waals surface area contributed by atoms with Gasteiger partial charge in [0, 0.05) is 37.8 Å². The number of rotatable bonds is 3. The highest BCUT2D eigenvalue weighted by molar-refractivity contribution is 5.45. The van der Waals surface area contributed by atoms with Gasteiger partial charge in [0.2, 0.25) is 0 Å². The van der Waals surface area contributed by atoms with E-state index in [1.165, 1.54) is 0 Å². The first-order chi connectivity index (χ1) is 9.75. The van der Waals surface area contributed by atoms with E-state index in [9.17, 15) is 5.26 Å². The van der Waals surface area contributed by atoms with Gasteiger partial charge in [-0.1, -0.05) is 18.2 Å². The normalized spacial score (nSPS) is 20.8. The molecule has 1 aromatic carbocycles. The second kappa shape index (κ2) is 5.01. The van der Waals surface area contributed by atoms with Crippen LogP contribution in [0.1, 0.15) is 24.2 Å². The first kappa shape index (κ1) is 12.7. The number of para-hydroxylation sites is 1. The van der Waals surface area contributed by atoms with Gasteiger partial charge in [0.15, 0.2) is 0 Å². The van der Waals surface area contributed by atoms with Gasteiger partial charge in [-0.25, -0.2) is 4.98 Å². The van der Waals surface area contributed by atoms with Gasteiger partial charge < -0.3 is 9.30 Å². The highest BCUT2D eigenvalue weighted by atomic mass is 16.5. The molecule has 1 aliphatic heterocycles. The fourth-order valence-electron chi connectivity index (χ4n) is 2.85. The van der Waals surface area contributed by atoms with Crippen LogP contribution in [0.3, 0.4) is 0 Å². The standard InChI is InChI=1S/C16H17N3O/c1-19-10-9-18-15(19)6-7-16(12-17)8-11-20-14-5-3-2-4-13(14)16/h2-5,9-10H,6-8,11H2,1H3. The molecule has 2 heterocycles. The second-order valence-corrected chi connectivity index (χ2v) is 5.24. The third kappa shape index (κ3) is 2.05. The number of hydrogen-bond donors (Lipinski definition) is 0. The molecule has 0 spiro atoms. The van der Waals surface area contributed by atoms with Crippen molar-refractivity contribution in [1.82, 2.24) is 9.55 Å². The summed E-state index contributed by atoms with van der Waals surface area (Å²) >= 11 is 0. The van der Waals surface area contributed by atoms with Gasteiger partial charge in [0.25, 0.3) is 0 Å². The van der Waals surface area contributed by atoms with E-state index >= 15 is 0 Å². The van der Waals surface area contributed by atoms with Crippen molar-refractivity contribution in [3.8, 4) is 11.8 Å². The van der Waals surface area contributed by atoms with Crippen molar-refractivity contribution in [3.05, 3.63) is 48.0 Å². The summed E-state index contributed by atoms with van der Waals surface area (Å²) in [5.41, 5.74) is 0.559. The Bertz CT molecular complexity index is 656. The monoisotopic (exact) mass is 267 g/mol. The smallest absolute Gasteiger partial charge is 0.124 e. The quantitative estimate of drug-likeness (QED) is 0.859. The van der Waals surface area contributed by atoms with E-state index in [-0.39, 0.29) is 0 Å². The van der Waals surface area contributed by atoms with Crippen molar-refractivity contribution >= 4 is 0 Å². The summed E-state index contributed by atoms with van der Waals surface area (Å²) in [6, 6.07) is 10.4. The summed E-state index contributed by atoms with van der Waals surface area (Å²) in [4.78, 5) is 4.34. The number of nitrogens with zero attached hydrogens (tertiary/aromatic N) is 3. The van der Waals surface area contributed by atoms with E-state index in [2.05, 4.69) is 11.1 Å². The molecule has 0 aliphatic carbocycles. The van der Waals surface area contributed by atoms with Crippen LogP contribution < -0.4 is 4.74 Å². The third-order valence-corrected chi connectivity index (χ3v) is 4.10. The molecule has 1 atom stereocenters. The minimum Gasteiger partial charge on any atom is -0.493 e. The minimum absolute atomic E-state index is 0.458. The maximum Gasteiger partial charge on any atom is 0.124 e. The first-order valence-electron chi connectivity index (χ1n) is 6.85. The van der Waals surface area contributed by atoms with Crippen molar-refractivity contribution in [2.24, 2.45) is 7.05 Å². The molecule has 2 aromatic rings. The van der Waals surface area contributed by atoms with E-state index in [0.717, 1.165) is 36.4 Å². The Kier molecular flexibility index (Phi) is 3.19. The SMILES string of the molecule is Cn1ccnc1CCC1(C#N)CCOc2ccccc21. The van der Waals surface area contributed by atoms with Crippen molar-refractivity contribution < 1.29 is 4.74 Å². The molecule has 0 fully saturated rings. The Balaban J connectivity index is 1.90. The van der Waals surface area contributed by atoms with Crippen LogP contribution in [0.15, 0.2) is 36.7 Å². The topological polar surface area (TPSA) is 50.8 Å². The maximum atomic E-state index is 9.75. The molecule has 102 valence electrons. The van der Waals surface area contributed by atoms with Crippen LogP contribution in [0.5, 0.6) is 5.75 Å². The predicted molar refractivity (Wildman–Crippen MR) is 75.4 cm³/mol. The van der Waals surface area contributed by atoms with Gasteiger partial charge in [-0.05, 0) is 12.5 Å². The average molecular weight is 267 g/mol. The Morgan fingerprint density at radius 1 is 1.45 bits per heavy atom. The zero-order chi connectivity index (χ0) is 14.0. The Hall–Kier alpha value is -2.28. The lowest BCUT2D eigenvalue weighted by Gasteiger charge is -2.33. The molecule has 1 unspecified atom stereocenters. The van der Waals surface area contributed by atoms with Gasteiger partial charge in [-0.2, -0.15) is 5.26 Å². The highest BCUT2D eigenvalue weighted by Gasteiger charge is 2.37. The summed E-state index contributed by atoms with van der Waals surface area (Å²) in [5, 5.41) is 9.75. The summed E-state index contributed by atoms with van der Waals surface area (Å²) < 4.78 is 7.68. The zero-order valence-corrected chi connectivity index (χ0v) is 11.5. The van der Waals surface area contributed by atoms with Crippen LogP contribution in [-0.4, -0.2) is 16.2 Å². The summed E-state index contributed by atoms with van der Waals surface area (Å²) in [5.74, 6) is 1.86. The minimum atomic E-state index is -0.458. The van der Waals surface area contributed by atoms with E-state index in [4.69, 9.17) is 4.74 Å². The van der Waals surface area contributed by atoms with Gasteiger partial charge in [-0.15, -0.1) is 0 Å². The first-order valence-corrected chi connectivity index (χ1v) is 6.85. The highest BCUT2D eigenvalue weighted by Crippen LogP contribution is 2.41. The fraction of sp³-hybridized carbons (Fsp3) is 0.375. The molecular formula is C16H17N3O. The molecule has 0 N–H and O–H groups in total. The van der Waals surface area contributed by atoms with Crippen LogP contribution in [0, 0.1) is 11.3 Å². The molecule has 0 radical (unpaired) electrons. The van der Waals surface area contributed by atoms with Crippen LogP contribution >= 0.6 is 0 Å².